The molecule has 6 rings (SSSR count). The van der Waals surface area contributed by atoms with E-state index in [4.69, 9.17) is 21.3 Å². The van der Waals surface area contributed by atoms with E-state index in [1.807, 2.05) is 12.1 Å². The Balaban J connectivity index is 1.27. The van der Waals surface area contributed by atoms with Crippen LogP contribution in [0.15, 0.2) is 40.4 Å². The van der Waals surface area contributed by atoms with Crippen LogP contribution in [0.4, 0.5) is 0 Å². The number of hydrogen-bond donors (Lipinski definition) is 1. The van der Waals surface area contributed by atoms with Crippen LogP contribution in [0.5, 0.6) is 0 Å². The van der Waals surface area contributed by atoms with Crippen LogP contribution in [-0.2, 0) is 25.7 Å². The van der Waals surface area contributed by atoms with Crippen molar-refractivity contribution < 1.29 is 24.2 Å². The number of carboxylic acids is 1. The van der Waals surface area contributed by atoms with Crippen LogP contribution in [0, 0.1) is 50.7 Å². The van der Waals surface area contributed by atoms with Crippen molar-refractivity contribution >= 4 is 36.0 Å². The molecule has 0 saturated heterocycles. The number of carbonyl (C=O) groups is 3. The molecule has 1 aromatic carbocycles. The van der Waals surface area contributed by atoms with Crippen molar-refractivity contribution in [3.63, 3.8) is 0 Å². The first-order valence-electron chi connectivity index (χ1n) is 20.3. The minimum absolute atomic E-state index is 0.0303. The predicted octanol–water partition coefficient (Wildman–Crippen LogP) is 9.99. The van der Waals surface area contributed by atoms with Crippen molar-refractivity contribution in [3.05, 3.63) is 46.0 Å². The minimum Gasteiger partial charge on any atom is -0.481 e. The lowest BCUT2D eigenvalue weighted by atomic mass is 9.32. The lowest BCUT2D eigenvalue weighted by molar-refractivity contribution is -0.222. The molecule has 1 aromatic rings. The Morgan fingerprint density at radius 3 is 2.30 bits per heavy atom. The van der Waals surface area contributed by atoms with Gasteiger partial charge in [0.2, 0.25) is 0 Å². The Bertz CT molecular complexity index is 1670. The van der Waals surface area contributed by atoms with Gasteiger partial charge < -0.3 is 14.7 Å². The number of allylic oxidation sites excluding steroid dienone is 2. The molecule has 4 saturated carbocycles. The molecule has 0 aliphatic heterocycles. The molecule has 0 bridgehead atoms. The van der Waals surface area contributed by atoms with Crippen molar-refractivity contribution in [2.45, 2.75) is 144 Å². The average Bonchev–Trinajstić information content (AvgIpc) is 3.39. The first-order chi connectivity index (χ1) is 24.7. The summed E-state index contributed by atoms with van der Waals surface area (Å²) in [5, 5.41) is 10.4. The van der Waals surface area contributed by atoms with E-state index in [2.05, 4.69) is 72.3 Å². The fourth-order valence-electron chi connectivity index (χ4n) is 13.1. The van der Waals surface area contributed by atoms with Gasteiger partial charge in [0.25, 0.3) is 0 Å². The number of aliphatic imine (C=N–C) groups is 1. The van der Waals surface area contributed by atoms with Gasteiger partial charge in [-0.2, -0.15) is 0 Å². The highest BCUT2D eigenvalue weighted by Crippen LogP contribution is 2.77. The fourth-order valence-corrected chi connectivity index (χ4v) is 13.3. The number of halogens is 1. The van der Waals surface area contributed by atoms with Gasteiger partial charge in [-0.1, -0.05) is 70.8 Å². The second kappa shape index (κ2) is 13.9. The van der Waals surface area contributed by atoms with E-state index >= 15 is 0 Å². The quantitative estimate of drug-likeness (QED) is 0.179. The van der Waals surface area contributed by atoms with E-state index in [1.165, 1.54) is 11.1 Å². The van der Waals surface area contributed by atoms with Crippen molar-refractivity contribution in [1.29, 1.82) is 0 Å². The van der Waals surface area contributed by atoms with Crippen molar-refractivity contribution in [2.75, 3.05) is 13.6 Å². The number of benzene rings is 1. The predicted molar refractivity (Wildman–Crippen MR) is 212 cm³/mol. The lowest BCUT2D eigenvalue weighted by Crippen LogP contribution is -2.70. The molecule has 4 fully saturated rings. The minimum atomic E-state index is -1.18. The number of esters is 1. The van der Waals surface area contributed by atoms with E-state index < -0.39 is 22.9 Å². The monoisotopic (exact) mass is 748 g/mol. The number of ketones is 1. The van der Waals surface area contributed by atoms with E-state index in [0.29, 0.717) is 24.0 Å². The Morgan fingerprint density at radius 2 is 1.68 bits per heavy atom. The highest BCUT2D eigenvalue weighted by molar-refractivity contribution is 6.30. The Morgan fingerprint density at radius 1 is 1.02 bits per heavy atom. The molecule has 0 amide bonds. The summed E-state index contributed by atoms with van der Waals surface area (Å²) in [6, 6.07) is 8.13. The molecule has 292 valence electrons. The molecule has 53 heavy (non-hydrogen) atoms. The number of aliphatic carboxylic acids is 1. The summed E-state index contributed by atoms with van der Waals surface area (Å²) in [5.41, 5.74) is 2.16. The fraction of sp³-hybridized carbons (Fsp3) is 0.733. The molecular weight excluding hydrogens is 684 g/mol. The standard InChI is InChI=1S/C45H65ClN2O5/c1-28(2)37-33(49)25-44(23-24-48(10)27-30-11-13-31(46)14-12-30)21-19-41(6)32(38(37)44)15-16-35-42(41,7)20-22-45(47-9)29(3)34(17-18-43(35,45)8)53-36(50)26-40(4,5)39(51)52/h11-14,28-29,32,34-35H,9,15-27H2,1-8,10H3,(H,51,52)/t29-,32+,34-,35-,41+,42+,43+,44+,45+/m0/s1. The highest BCUT2D eigenvalue weighted by atomic mass is 35.5. The van der Waals surface area contributed by atoms with Crippen LogP contribution >= 0.6 is 11.6 Å². The van der Waals surface area contributed by atoms with Crippen molar-refractivity contribution in [2.24, 2.45) is 55.7 Å². The van der Waals surface area contributed by atoms with Crippen LogP contribution in [-0.4, -0.2) is 59.7 Å². The summed E-state index contributed by atoms with van der Waals surface area (Å²) in [4.78, 5) is 46.4. The van der Waals surface area contributed by atoms with Gasteiger partial charge in [0.1, 0.15) is 6.10 Å². The molecule has 9 atom stereocenters. The smallest absolute Gasteiger partial charge is 0.309 e. The third-order valence-corrected chi connectivity index (χ3v) is 16.7. The molecule has 0 spiro atoms. The third kappa shape index (κ3) is 6.26. The zero-order valence-electron chi connectivity index (χ0n) is 33.9. The summed E-state index contributed by atoms with van der Waals surface area (Å²) in [6.45, 7) is 23.4. The summed E-state index contributed by atoms with van der Waals surface area (Å²) >= 11 is 6.16. The molecule has 5 aliphatic carbocycles. The maximum Gasteiger partial charge on any atom is 0.309 e. The average molecular weight is 749 g/mol. The zero-order chi connectivity index (χ0) is 38.9. The number of rotatable bonds is 11. The molecule has 0 radical (unpaired) electrons. The van der Waals surface area contributed by atoms with Gasteiger partial charge in [0.15, 0.2) is 5.78 Å². The Kier molecular flexibility index (Phi) is 10.5. The van der Waals surface area contributed by atoms with E-state index in [1.54, 1.807) is 13.8 Å². The number of nitrogens with zero attached hydrogens (tertiary/aromatic N) is 2. The van der Waals surface area contributed by atoms with Gasteiger partial charge in [-0.15, -0.1) is 0 Å². The topological polar surface area (TPSA) is 96.3 Å². The van der Waals surface area contributed by atoms with Crippen LogP contribution in [0.1, 0.15) is 132 Å². The van der Waals surface area contributed by atoms with Gasteiger partial charge in [-0.05, 0) is 149 Å². The first kappa shape index (κ1) is 40.2. The molecule has 1 N–H and O–H groups in total. The molecular formula is C45H65ClN2O5. The van der Waals surface area contributed by atoms with E-state index in [-0.39, 0.29) is 46.0 Å². The molecule has 8 heteroatoms. The molecule has 0 heterocycles. The maximum absolute atomic E-state index is 14.1. The molecule has 0 unspecified atom stereocenters. The van der Waals surface area contributed by atoms with Gasteiger partial charge >= 0.3 is 11.9 Å². The van der Waals surface area contributed by atoms with Crippen LogP contribution in [0.25, 0.3) is 0 Å². The van der Waals surface area contributed by atoms with Crippen LogP contribution in [0.3, 0.4) is 0 Å². The molecule has 5 aliphatic rings. The SMILES string of the molecule is C=N[C@@]12CC[C@]3(C)[C@H](CC[C@@H]4C5=C(C(C)C)C(=O)C[C@]5(CCN(C)Cc5ccc(Cl)cc5)CC[C@]43C)[C@@]1(C)CC[C@H](OC(=O)CC(C)(C)C(=O)O)[C@@H]2C. The summed E-state index contributed by atoms with van der Waals surface area (Å²) in [6.07, 6.45) is 9.05. The number of Topliss-reactive ketones (excluding diaryl/α,β-unsaturated/α-hetero) is 1. The van der Waals surface area contributed by atoms with E-state index in [0.717, 1.165) is 81.5 Å². The van der Waals surface area contributed by atoms with Crippen molar-refractivity contribution in [1.82, 2.24) is 4.90 Å². The normalized spacial score (nSPS) is 38.2. The van der Waals surface area contributed by atoms with Crippen LogP contribution < -0.4 is 0 Å². The van der Waals surface area contributed by atoms with Gasteiger partial charge in [-0.25, -0.2) is 0 Å². The number of ether oxygens (including phenoxy) is 1. The first-order valence-corrected chi connectivity index (χ1v) is 20.7. The second-order valence-electron chi connectivity index (χ2n) is 19.7. The Labute approximate surface area is 323 Å². The van der Waals surface area contributed by atoms with Crippen LogP contribution in [0.2, 0.25) is 5.02 Å². The van der Waals surface area contributed by atoms with Gasteiger partial charge in [0.05, 0.1) is 17.4 Å². The summed E-state index contributed by atoms with van der Waals surface area (Å²) < 4.78 is 6.12. The maximum atomic E-state index is 14.1. The number of fused-ring (bicyclic) bond motifs is 7. The number of carbonyl (C=O) groups excluding carboxylic acids is 2. The number of carboxylic acid groups (broad SMARTS) is 1. The molecule has 7 nitrogen and oxygen atoms in total. The van der Waals surface area contributed by atoms with Gasteiger partial charge in [-0.3, -0.25) is 19.4 Å². The lowest BCUT2D eigenvalue weighted by Gasteiger charge is -2.73. The second-order valence-corrected chi connectivity index (χ2v) is 20.2. The zero-order valence-corrected chi connectivity index (χ0v) is 34.7. The van der Waals surface area contributed by atoms with Crippen molar-refractivity contribution in [3.8, 4) is 0 Å². The summed E-state index contributed by atoms with van der Waals surface area (Å²) in [5.74, 6) is -0.100. The van der Waals surface area contributed by atoms with Gasteiger partial charge in [0, 0.05) is 29.3 Å². The summed E-state index contributed by atoms with van der Waals surface area (Å²) in [7, 11) is 2.20. The third-order valence-electron chi connectivity index (χ3n) is 16.4. The highest BCUT2D eigenvalue weighted by Gasteiger charge is 2.72. The largest absolute Gasteiger partial charge is 0.481 e. The van der Waals surface area contributed by atoms with E-state index in [9.17, 15) is 19.5 Å². The molecule has 0 aromatic heterocycles. The number of hydrogen-bond acceptors (Lipinski definition) is 6. The Hall–Kier alpha value is -2.51.